The van der Waals surface area contributed by atoms with Crippen LogP contribution in [0.15, 0.2) is 70.5 Å². The molecule has 3 aromatic carbocycles. The maximum Gasteiger partial charge on any atom is 0.264 e. The van der Waals surface area contributed by atoms with Crippen molar-refractivity contribution in [1.82, 2.24) is 0 Å². The van der Waals surface area contributed by atoms with Crippen LogP contribution in [0.3, 0.4) is 0 Å². The number of hydrogen-bond donors (Lipinski definition) is 1. The van der Waals surface area contributed by atoms with E-state index in [1.165, 1.54) is 4.31 Å². The fourth-order valence-corrected chi connectivity index (χ4v) is 6.48. The molecule has 4 rings (SSSR count). The molecule has 6 nitrogen and oxygen atoms in total. The molecule has 1 aliphatic rings. The molecule has 1 aliphatic heterocycles. The van der Waals surface area contributed by atoms with Crippen molar-refractivity contribution in [2.45, 2.75) is 43.4 Å². The summed E-state index contributed by atoms with van der Waals surface area (Å²) in [6, 6.07) is 16.8. The van der Waals surface area contributed by atoms with E-state index in [1.807, 2.05) is 20.8 Å². The number of hydrogen-bond acceptors (Lipinski definition) is 4. The van der Waals surface area contributed by atoms with E-state index >= 15 is 0 Å². The highest BCUT2D eigenvalue weighted by Gasteiger charge is 2.29. The number of fused-ring (bicyclic) bond motifs is 1. The number of benzene rings is 3. The summed E-state index contributed by atoms with van der Waals surface area (Å²) in [7, 11) is -7.45. The Bertz CT molecular complexity index is 1380. The van der Waals surface area contributed by atoms with Crippen LogP contribution in [0.2, 0.25) is 0 Å². The van der Waals surface area contributed by atoms with Gasteiger partial charge in [0.15, 0.2) is 0 Å². The Balaban J connectivity index is 1.65. The van der Waals surface area contributed by atoms with E-state index in [9.17, 15) is 16.8 Å². The summed E-state index contributed by atoms with van der Waals surface area (Å²) in [6.07, 6.45) is 1.33. The Kier molecular flexibility index (Phi) is 5.77. The molecule has 0 aromatic heterocycles. The van der Waals surface area contributed by atoms with Crippen molar-refractivity contribution >= 4 is 31.4 Å². The molecule has 0 radical (unpaired) electrons. The SMILES string of the molecule is Cc1ccc(S(=O)(=O)N2CCCc3cc(NS(=O)(=O)c4ccc(C)c(C)c4)ccc32)cc1. The predicted molar refractivity (Wildman–Crippen MR) is 127 cm³/mol. The highest BCUT2D eigenvalue weighted by atomic mass is 32.2. The second-order valence-corrected chi connectivity index (χ2v) is 11.7. The van der Waals surface area contributed by atoms with Crippen molar-refractivity contribution in [2.75, 3.05) is 15.6 Å². The number of nitrogens with zero attached hydrogens (tertiary/aromatic N) is 1. The van der Waals surface area contributed by atoms with Gasteiger partial charge in [0.25, 0.3) is 20.0 Å². The molecule has 1 N–H and O–H groups in total. The van der Waals surface area contributed by atoms with Gasteiger partial charge < -0.3 is 0 Å². The number of nitrogens with one attached hydrogen (secondary N) is 1. The molecule has 0 saturated carbocycles. The van der Waals surface area contributed by atoms with E-state index in [1.54, 1.807) is 60.7 Å². The largest absolute Gasteiger partial charge is 0.280 e. The number of rotatable bonds is 5. The van der Waals surface area contributed by atoms with Gasteiger partial charge in [0.05, 0.1) is 15.5 Å². The van der Waals surface area contributed by atoms with Crippen molar-refractivity contribution in [3.05, 3.63) is 82.9 Å². The molecule has 0 atom stereocenters. The number of sulfonamides is 2. The minimum atomic E-state index is -3.75. The molecule has 0 bridgehead atoms. The second kappa shape index (κ2) is 8.26. The van der Waals surface area contributed by atoms with Gasteiger partial charge in [-0.3, -0.25) is 9.03 Å². The standard InChI is InChI=1S/C24H26N2O4S2/c1-17-6-10-22(11-7-17)32(29,30)26-14-4-5-20-16-21(9-13-24(20)26)25-31(27,28)23-12-8-18(2)19(3)15-23/h6-13,15-16,25H,4-5,14H2,1-3H3. The molecule has 168 valence electrons. The monoisotopic (exact) mass is 470 g/mol. The van der Waals surface area contributed by atoms with E-state index in [0.717, 1.165) is 22.3 Å². The van der Waals surface area contributed by atoms with Crippen molar-refractivity contribution in [3.8, 4) is 0 Å². The first-order valence-corrected chi connectivity index (χ1v) is 13.3. The molecule has 0 unspecified atom stereocenters. The molecule has 8 heteroatoms. The highest BCUT2D eigenvalue weighted by molar-refractivity contribution is 7.93. The first kappa shape index (κ1) is 22.4. The van der Waals surface area contributed by atoms with Gasteiger partial charge >= 0.3 is 0 Å². The third kappa shape index (κ3) is 4.25. The Morgan fingerprint density at radius 1 is 0.781 bits per heavy atom. The van der Waals surface area contributed by atoms with Gasteiger partial charge in [-0.15, -0.1) is 0 Å². The molecular weight excluding hydrogens is 444 g/mol. The van der Waals surface area contributed by atoms with Gasteiger partial charge in [0.1, 0.15) is 0 Å². The van der Waals surface area contributed by atoms with Crippen LogP contribution >= 0.6 is 0 Å². The second-order valence-electron chi connectivity index (χ2n) is 8.19. The Morgan fingerprint density at radius 3 is 2.16 bits per heavy atom. The minimum Gasteiger partial charge on any atom is -0.280 e. The highest BCUT2D eigenvalue weighted by Crippen LogP contribution is 2.34. The third-order valence-corrected chi connectivity index (χ3v) is 9.01. The molecule has 3 aromatic rings. The van der Waals surface area contributed by atoms with Crippen molar-refractivity contribution in [1.29, 1.82) is 0 Å². The smallest absolute Gasteiger partial charge is 0.264 e. The molecule has 0 amide bonds. The van der Waals surface area contributed by atoms with Crippen LogP contribution in [0, 0.1) is 20.8 Å². The lowest BCUT2D eigenvalue weighted by Crippen LogP contribution is -2.35. The van der Waals surface area contributed by atoms with E-state index in [0.29, 0.717) is 30.8 Å². The fourth-order valence-electron chi connectivity index (χ4n) is 3.81. The zero-order valence-corrected chi connectivity index (χ0v) is 19.9. The van der Waals surface area contributed by atoms with Crippen molar-refractivity contribution in [3.63, 3.8) is 0 Å². The maximum absolute atomic E-state index is 13.2. The zero-order valence-electron chi connectivity index (χ0n) is 18.3. The van der Waals surface area contributed by atoms with Gasteiger partial charge in [0, 0.05) is 12.2 Å². The molecule has 32 heavy (non-hydrogen) atoms. The van der Waals surface area contributed by atoms with Crippen molar-refractivity contribution in [2.24, 2.45) is 0 Å². The average Bonchev–Trinajstić information content (AvgIpc) is 2.75. The molecule has 0 fully saturated rings. The van der Waals surface area contributed by atoms with E-state index < -0.39 is 20.0 Å². The first-order valence-electron chi connectivity index (χ1n) is 10.4. The van der Waals surface area contributed by atoms with Crippen LogP contribution < -0.4 is 9.03 Å². The number of anilines is 2. The zero-order chi connectivity index (χ0) is 23.1. The van der Waals surface area contributed by atoms with Crippen LogP contribution in [0.5, 0.6) is 0 Å². The molecule has 0 aliphatic carbocycles. The normalized spacial score (nSPS) is 14.2. The van der Waals surface area contributed by atoms with E-state index in [2.05, 4.69) is 4.72 Å². The van der Waals surface area contributed by atoms with E-state index in [4.69, 9.17) is 0 Å². The quantitative estimate of drug-likeness (QED) is 0.593. The summed E-state index contributed by atoms with van der Waals surface area (Å²) in [4.78, 5) is 0.442. The Hall–Kier alpha value is -2.84. The van der Waals surface area contributed by atoms with Gasteiger partial charge in [-0.25, -0.2) is 16.8 Å². The summed E-state index contributed by atoms with van der Waals surface area (Å²) < 4.78 is 56.2. The third-order valence-electron chi connectivity index (χ3n) is 5.81. The average molecular weight is 471 g/mol. The maximum atomic E-state index is 13.2. The summed E-state index contributed by atoms with van der Waals surface area (Å²) in [5.74, 6) is 0. The summed E-state index contributed by atoms with van der Waals surface area (Å²) in [5.41, 5.74) is 4.71. The van der Waals surface area contributed by atoms with Crippen LogP contribution in [0.1, 0.15) is 28.7 Å². The predicted octanol–water partition coefficient (Wildman–Crippen LogP) is 4.55. The lowest BCUT2D eigenvalue weighted by Gasteiger charge is -2.31. The topological polar surface area (TPSA) is 83.6 Å². The van der Waals surface area contributed by atoms with Crippen molar-refractivity contribution < 1.29 is 16.8 Å². The van der Waals surface area contributed by atoms with Gasteiger partial charge in [-0.2, -0.15) is 0 Å². The van der Waals surface area contributed by atoms with Crippen LogP contribution in [-0.4, -0.2) is 23.4 Å². The van der Waals surface area contributed by atoms with Gasteiger partial charge in [-0.1, -0.05) is 23.8 Å². The van der Waals surface area contributed by atoms with Crippen LogP contribution in [0.4, 0.5) is 11.4 Å². The Morgan fingerprint density at radius 2 is 1.47 bits per heavy atom. The van der Waals surface area contributed by atoms with E-state index in [-0.39, 0.29) is 9.79 Å². The molecule has 1 heterocycles. The molecule has 0 spiro atoms. The minimum absolute atomic E-state index is 0.196. The molecular formula is C24H26N2O4S2. The van der Waals surface area contributed by atoms with Gasteiger partial charge in [0.2, 0.25) is 0 Å². The molecule has 0 saturated heterocycles. The van der Waals surface area contributed by atoms with Crippen LogP contribution in [0.25, 0.3) is 0 Å². The summed E-state index contributed by atoms with van der Waals surface area (Å²) in [6.45, 7) is 6.10. The van der Waals surface area contributed by atoms with Gasteiger partial charge in [-0.05, 0) is 92.8 Å². The van der Waals surface area contributed by atoms with Crippen LogP contribution in [-0.2, 0) is 26.5 Å². The number of aryl methyl sites for hydroxylation is 4. The summed E-state index contributed by atoms with van der Waals surface area (Å²) in [5, 5.41) is 0. The first-order chi connectivity index (χ1) is 15.1. The summed E-state index contributed by atoms with van der Waals surface area (Å²) >= 11 is 0. The lowest BCUT2D eigenvalue weighted by atomic mass is 10.0. The Labute approximate surface area is 190 Å². The lowest BCUT2D eigenvalue weighted by molar-refractivity contribution is 0.586. The fraction of sp³-hybridized carbons (Fsp3) is 0.250.